The second kappa shape index (κ2) is 10.2. The maximum Gasteiger partial charge on any atom is 0.411 e. The molecule has 0 radical (unpaired) electrons. The summed E-state index contributed by atoms with van der Waals surface area (Å²) in [7, 11) is 0. The summed E-state index contributed by atoms with van der Waals surface area (Å²) in [6, 6.07) is 11.5. The van der Waals surface area contributed by atoms with E-state index in [1.807, 2.05) is 28.5 Å². The van der Waals surface area contributed by atoms with Crippen molar-refractivity contribution in [2.45, 2.75) is 24.7 Å². The Kier molecular flexibility index (Phi) is 6.89. The van der Waals surface area contributed by atoms with Gasteiger partial charge in [-0.1, -0.05) is 30.3 Å². The fraction of sp³-hybridized carbons (Fsp3) is 0.387. The Labute approximate surface area is 234 Å². The van der Waals surface area contributed by atoms with Crippen molar-refractivity contribution in [3.63, 3.8) is 0 Å². The smallest absolute Gasteiger partial charge is 0.360 e. The average Bonchev–Trinajstić information content (AvgIpc) is 2.95. The van der Waals surface area contributed by atoms with Crippen LogP contribution in [-0.4, -0.2) is 75.0 Å². The second-order valence-electron chi connectivity index (χ2n) is 11.1. The van der Waals surface area contributed by atoms with E-state index in [4.69, 9.17) is 0 Å². The highest BCUT2D eigenvalue weighted by molar-refractivity contribution is 6.07. The van der Waals surface area contributed by atoms with Crippen LogP contribution < -0.4 is 15.5 Å². The van der Waals surface area contributed by atoms with Crippen molar-refractivity contribution in [3.8, 4) is 0 Å². The summed E-state index contributed by atoms with van der Waals surface area (Å²) in [5.74, 6) is 0. The highest BCUT2D eigenvalue weighted by atomic mass is 19.4. The van der Waals surface area contributed by atoms with Gasteiger partial charge < -0.3 is 15.5 Å². The number of hydrogen-bond donors (Lipinski definition) is 2. The number of nitrogens with zero attached hydrogens (tertiary/aromatic N) is 2. The molecule has 0 amide bonds. The van der Waals surface area contributed by atoms with Gasteiger partial charge in [0.25, 0.3) is 0 Å². The molecule has 0 spiro atoms. The SMILES string of the molecule is Cc1ccccc1C1=C2C=CC(=[N+]3CC[NH2+]CC3)C=C2C(C(F)(F)F)(C(F)(F)F)c2cc(N3CC[NH2+]CC3)ccc21. The number of halogens is 6. The maximum absolute atomic E-state index is 15.4. The molecule has 4 aliphatic rings. The summed E-state index contributed by atoms with van der Waals surface area (Å²) in [4.78, 5) is 1.88. The van der Waals surface area contributed by atoms with E-state index >= 15 is 26.3 Å². The third-order valence-corrected chi connectivity index (χ3v) is 8.76. The molecular weight excluding hydrogens is 542 g/mol. The predicted octanol–water partition coefficient (Wildman–Crippen LogP) is 3.08. The van der Waals surface area contributed by atoms with Gasteiger partial charge in [0.05, 0.1) is 26.2 Å². The Balaban J connectivity index is 1.73. The lowest BCUT2D eigenvalue weighted by Gasteiger charge is -2.45. The second-order valence-corrected chi connectivity index (χ2v) is 11.1. The Bertz CT molecular complexity index is 1470. The molecule has 10 heteroatoms. The van der Waals surface area contributed by atoms with Crippen molar-refractivity contribution < 1.29 is 41.6 Å². The van der Waals surface area contributed by atoms with Gasteiger partial charge in [0.1, 0.15) is 13.1 Å². The fourth-order valence-corrected chi connectivity index (χ4v) is 6.74. The third-order valence-electron chi connectivity index (χ3n) is 8.76. The fourth-order valence-electron chi connectivity index (χ4n) is 6.74. The van der Waals surface area contributed by atoms with Crippen LogP contribution in [0.4, 0.5) is 32.0 Å². The molecule has 4 nitrogen and oxygen atoms in total. The molecule has 2 saturated heterocycles. The lowest BCUT2D eigenvalue weighted by molar-refractivity contribution is -0.738. The quantitative estimate of drug-likeness (QED) is 0.420. The minimum Gasteiger partial charge on any atom is -0.360 e. The summed E-state index contributed by atoms with van der Waals surface area (Å²) in [5, 5.41) is 4.18. The van der Waals surface area contributed by atoms with Crippen LogP contribution in [0.1, 0.15) is 22.3 Å². The number of nitrogens with two attached hydrogens (primary N) is 2. The first-order valence-corrected chi connectivity index (χ1v) is 14.0. The number of benzene rings is 2. The van der Waals surface area contributed by atoms with Gasteiger partial charge in [0, 0.05) is 17.8 Å². The van der Waals surface area contributed by atoms with Crippen molar-refractivity contribution >= 4 is 17.0 Å². The normalized spacial score (nSPS) is 21.0. The van der Waals surface area contributed by atoms with Gasteiger partial charge in [0.15, 0.2) is 13.1 Å². The van der Waals surface area contributed by atoms with Crippen molar-refractivity contribution in [1.29, 1.82) is 0 Å². The van der Waals surface area contributed by atoms with E-state index in [1.165, 1.54) is 12.1 Å². The molecule has 0 saturated carbocycles. The average molecular weight is 576 g/mol. The highest BCUT2D eigenvalue weighted by Crippen LogP contribution is 2.63. The van der Waals surface area contributed by atoms with E-state index in [0.717, 1.165) is 43.9 Å². The van der Waals surface area contributed by atoms with Crippen LogP contribution in [0.15, 0.2) is 71.8 Å². The van der Waals surface area contributed by atoms with E-state index in [0.29, 0.717) is 48.7 Å². The van der Waals surface area contributed by atoms with Crippen LogP contribution in [0.2, 0.25) is 0 Å². The number of allylic oxidation sites excluding steroid dienone is 5. The molecule has 0 unspecified atom stereocenters. The number of alkyl halides is 6. The first-order chi connectivity index (χ1) is 19.5. The maximum atomic E-state index is 15.4. The van der Waals surface area contributed by atoms with Gasteiger partial charge in [-0.25, -0.2) is 4.58 Å². The number of hydrogen-bond acceptors (Lipinski definition) is 1. The highest BCUT2D eigenvalue weighted by Gasteiger charge is 2.75. The molecule has 0 bridgehead atoms. The van der Waals surface area contributed by atoms with Gasteiger partial charge in [-0.3, -0.25) is 0 Å². The first kappa shape index (κ1) is 27.8. The Morgan fingerprint density at radius 3 is 2.12 bits per heavy atom. The minimum absolute atomic E-state index is 0.0332. The van der Waals surface area contributed by atoms with Crippen molar-refractivity contribution in [2.75, 3.05) is 57.3 Å². The van der Waals surface area contributed by atoms with E-state index in [-0.39, 0.29) is 11.1 Å². The Morgan fingerprint density at radius 1 is 0.805 bits per heavy atom. The van der Waals surface area contributed by atoms with Crippen LogP contribution in [-0.2, 0) is 5.41 Å². The summed E-state index contributed by atoms with van der Waals surface area (Å²) in [6.07, 6.45) is -6.99. The van der Waals surface area contributed by atoms with Crippen molar-refractivity contribution in [2.24, 2.45) is 0 Å². The van der Waals surface area contributed by atoms with E-state index in [9.17, 15) is 0 Å². The number of anilines is 1. The van der Waals surface area contributed by atoms with Crippen LogP contribution in [0, 0.1) is 6.92 Å². The van der Waals surface area contributed by atoms with Gasteiger partial charge in [-0.2, -0.15) is 26.3 Å². The van der Waals surface area contributed by atoms with Gasteiger partial charge in [-0.15, -0.1) is 0 Å². The van der Waals surface area contributed by atoms with E-state index in [2.05, 4.69) is 10.6 Å². The van der Waals surface area contributed by atoms with Crippen LogP contribution >= 0.6 is 0 Å². The monoisotopic (exact) mass is 575 g/mol. The molecule has 216 valence electrons. The molecule has 4 N–H and O–H groups in total. The van der Waals surface area contributed by atoms with Crippen molar-refractivity contribution in [1.82, 2.24) is 0 Å². The lowest BCUT2D eigenvalue weighted by atomic mass is 9.61. The standard InChI is InChI=1S/C31H31F6N4/c1-20-4-2-3-5-23(20)28-24-8-6-21(40-14-10-38-11-15-40)18-26(24)29(30(32,33)34,31(35,36)37)27-19-22(7-9-25(27)28)41-16-12-39-13-17-41/h2-9,18-19,38-39H,10-17H2,1H3/q+1/p+2. The third kappa shape index (κ3) is 4.43. The summed E-state index contributed by atoms with van der Waals surface area (Å²) >= 11 is 0. The lowest BCUT2D eigenvalue weighted by Crippen LogP contribution is -2.89. The zero-order valence-electron chi connectivity index (χ0n) is 22.7. The molecule has 41 heavy (non-hydrogen) atoms. The zero-order valence-corrected chi connectivity index (χ0v) is 22.7. The van der Waals surface area contributed by atoms with E-state index < -0.39 is 28.9 Å². The molecule has 2 aliphatic carbocycles. The topological polar surface area (TPSA) is 39.5 Å². The molecule has 2 fully saturated rings. The molecule has 2 aliphatic heterocycles. The minimum atomic E-state index is -5.64. The Hall–Kier alpha value is -3.37. The first-order valence-electron chi connectivity index (χ1n) is 14.0. The van der Waals surface area contributed by atoms with Gasteiger partial charge in [0.2, 0.25) is 11.1 Å². The zero-order chi connectivity index (χ0) is 29.0. The van der Waals surface area contributed by atoms with Crippen LogP contribution in [0.3, 0.4) is 0 Å². The van der Waals surface area contributed by atoms with Crippen LogP contribution in [0.25, 0.3) is 5.57 Å². The number of rotatable bonds is 2. The molecule has 2 heterocycles. The number of piperazine rings is 2. The molecule has 2 aromatic rings. The predicted molar refractivity (Wildman–Crippen MR) is 145 cm³/mol. The molecule has 6 rings (SSSR count). The molecule has 0 atom stereocenters. The number of aryl methyl sites for hydroxylation is 1. The van der Waals surface area contributed by atoms with E-state index in [1.54, 1.807) is 24.3 Å². The summed E-state index contributed by atoms with van der Waals surface area (Å²) in [6.45, 7) is 6.91. The molecule has 0 aromatic heterocycles. The number of fused-ring (bicyclic) bond motifs is 2. The van der Waals surface area contributed by atoms with Gasteiger partial charge >= 0.3 is 12.4 Å². The largest absolute Gasteiger partial charge is 0.411 e. The van der Waals surface area contributed by atoms with Crippen LogP contribution in [0.5, 0.6) is 0 Å². The summed E-state index contributed by atoms with van der Waals surface area (Å²) in [5.41, 5.74) is -3.20. The Morgan fingerprint density at radius 2 is 1.46 bits per heavy atom. The molecular formula is C31H33F6N4+3. The molecule has 2 aromatic carbocycles. The summed E-state index contributed by atoms with van der Waals surface area (Å²) < 4.78 is 94.5. The van der Waals surface area contributed by atoms with Crippen molar-refractivity contribution in [3.05, 3.63) is 94.1 Å². The number of quaternary nitrogens is 2. The van der Waals surface area contributed by atoms with Gasteiger partial charge in [-0.05, 0) is 64.1 Å².